The Morgan fingerprint density at radius 1 is 0.958 bits per heavy atom. The predicted octanol–water partition coefficient (Wildman–Crippen LogP) is 3.30. The molecule has 0 saturated carbocycles. The van der Waals surface area contributed by atoms with Gasteiger partial charge in [-0.25, -0.2) is 0 Å². The Kier molecular flexibility index (Phi) is 6.97. The highest BCUT2D eigenvalue weighted by atomic mass is 16.4. The molecule has 4 nitrogen and oxygen atoms in total. The molecule has 2 N–H and O–H groups in total. The molecule has 128 valence electrons. The van der Waals surface area contributed by atoms with Crippen LogP contribution in [0.3, 0.4) is 0 Å². The van der Waals surface area contributed by atoms with Crippen molar-refractivity contribution in [3.05, 3.63) is 71.8 Å². The lowest BCUT2D eigenvalue weighted by atomic mass is 10.0. The first kappa shape index (κ1) is 18.2. The molecular weight excluding hydrogens is 302 g/mol. The Labute approximate surface area is 143 Å². The first-order valence-electron chi connectivity index (χ1n) is 8.32. The highest BCUT2D eigenvalue weighted by Gasteiger charge is 2.27. The van der Waals surface area contributed by atoms with E-state index in [0.717, 1.165) is 11.1 Å². The van der Waals surface area contributed by atoms with Gasteiger partial charge in [-0.05, 0) is 17.5 Å². The van der Waals surface area contributed by atoms with Crippen molar-refractivity contribution in [3.63, 3.8) is 0 Å². The van der Waals surface area contributed by atoms with E-state index in [1.807, 2.05) is 67.6 Å². The van der Waals surface area contributed by atoms with Crippen molar-refractivity contribution in [1.82, 2.24) is 4.90 Å². The summed E-state index contributed by atoms with van der Waals surface area (Å²) in [6.07, 6.45) is -0.222. The minimum Gasteiger partial charge on any atom is -0.481 e. The average Bonchev–Trinajstić information content (AvgIpc) is 2.60. The zero-order valence-electron chi connectivity index (χ0n) is 14.0. The van der Waals surface area contributed by atoms with E-state index in [0.29, 0.717) is 19.5 Å². The second kappa shape index (κ2) is 9.21. The van der Waals surface area contributed by atoms with E-state index >= 15 is 0 Å². The van der Waals surface area contributed by atoms with E-state index in [9.17, 15) is 15.0 Å². The van der Waals surface area contributed by atoms with Gasteiger partial charge >= 0.3 is 5.97 Å². The third-order valence-corrected chi connectivity index (χ3v) is 4.17. The molecule has 0 bridgehead atoms. The number of aliphatic carboxylic acids is 1. The van der Waals surface area contributed by atoms with Crippen LogP contribution in [0.1, 0.15) is 30.9 Å². The highest BCUT2D eigenvalue weighted by Crippen LogP contribution is 2.19. The lowest BCUT2D eigenvalue weighted by Crippen LogP contribution is -2.44. The van der Waals surface area contributed by atoms with Crippen molar-refractivity contribution < 1.29 is 15.0 Å². The number of carboxylic acid groups (broad SMARTS) is 1. The number of carboxylic acids is 1. The number of hydrogen-bond acceptors (Lipinski definition) is 3. The minimum atomic E-state index is -0.890. The van der Waals surface area contributed by atoms with E-state index in [4.69, 9.17) is 0 Å². The summed E-state index contributed by atoms with van der Waals surface area (Å²) >= 11 is 0. The third-order valence-electron chi connectivity index (χ3n) is 4.17. The van der Waals surface area contributed by atoms with Crippen LogP contribution in [0.5, 0.6) is 0 Å². The summed E-state index contributed by atoms with van der Waals surface area (Å²) < 4.78 is 0. The molecule has 0 heterocycles. The molecule has 2 aromatic rings. The number of benzene rings is 2. The first-order chi connectivity index (χ1) is 11.6. The van der Waals surface area contributed by atoms with Crippen LogP contribution >= 0.6 is 0 Å². The molecule has 0 amide bonds. The second-order valence-electron chi connectivity index (χ2n) is 6.02. The summed E-state index contributed by atoms with van der Waals surface area (Å²) in [5, 5.41) is 19.7. The lowest BCUT2D eigenvalue weighted by Gasteiger charge is -2.34. The van der Waals surface area contributed by atoms with Gasteiger partial charge in [-0.2, -0.15) is 0 Å². The van der Waals surface area contributed by atoms with Crippen molar-refractivity contribution in [2.75, 3.05) is 0 Å². The van der Waals surface area contributed by atoms with Gasteiger partial charge in [0.25, 0.3) is 0 Å². The van der Waals surface area contributed by atoms with Crippen LogP contribution in [0.15, 0.2) is 60.7 Å². The smallest absolute Gasteiger partial charge is 0.305 e. The molecule has 2 atom stereocenters. The summed E-state index contributed by atoms with van der Waals surface area (Å²) in [6.45, 7) is 3.08. The van der Waals surface area contributed by atoms with E-state index in [1.54, 1.807) is 0 Å². The van der Waals surface area contributed by atoms with Gasteiger partial charge in [-0.15, -0.1) is 0 Å². The Morgan fingerprint density at radius 3 is 1.79 bits per heavy atom. The van der Waals surface area contributed by atoms with E-state index in [2.05, 4.69) is 4.90 Å². The maximum Gasteiger partial charge on any atom is 0.305 e. The van der Waals surface area contributed by atoms with Crippen LogP contribution in [0.2, 0.25) is 0 Å². The van der Waals surface area contributed by atoms with E-state index < -0.39 is 18.1 Å². The van der Waals surface area contributed by atoms with Crippen molar-refractivity contribution >= 4 is 5.97 Å². The summed E-state index contributed by atoms with van der Waals surface area (Å²) in [5.41, 5.74) is 2.21. The fourth-order valence-corrected chi connectivity index (χ4v) is 2.89. The van der Waals surface area contributed by atoms with Crippen molar-refractivity contribution in [2.45, 2.75) is 45.0 Å². The molecule has 2 rings (SSSR count). The molecule has 0 aliphatic carbocycles. The number of carbonyl (C=O) groups is 1. The Hall–Kier alpha value is -2.17. The quantitative estimate of drug-likeness (QED) is 0.742. The summed E-state index contributed by atoms with van der Waals surface area (Å²) in [6, 6.07) is 19.5. The zero-order valence-corrected chi connectivity index (χ0v) is 14.0. The number of rotatable bonds is 9. The second-order valence-corrected chi connectivity index (χ2v) is 6.02. The molecule has 0 radical (unpaired) electrons. The number of aliphatic hydroxyl groups is 1. The maximum atomic E-state index is 11.3. The Balaban J connectivity index is 2.26. The van der Waals surface area contributed by atoms with Gasteiger partial charge in [0.05, 0.1) is 12.5 Å². The first-order valence-corrected chi connectivity index (χ1v) is 8.32. The van der Waals surface area contributed by atoms with Crippen LogP contribution in [-0.4, -0.2) is 33.2 Å². The van der Waals surface area contributed by atoms with E-state index in [1.165, 1.54) is 0 Å². The summed E-state index contributed by atoms with van der Waals surface area (Å²) in [7, 11) is 0. The molecule has 24 heavy (non-hydrogen) atoms. The van der Waals surface area contributed by atoms with Gasteiger partial charge in [0.2, 0.25) is 0 Å². The van der Waals surface area contributed by atoms with Gasteiger partial charge < -0.3 is 10.2 Å². The molecule has 0 aromatic heterocycles. The van der Waals surface area contributed by atoms with Crippen LogP contribution < -0.4 is 0 Å². The van der Waals surface area contributed by atoms with Crippen molar-refractivity contribution in [1.29, 1.82) is 0 Å². The van der Waals surface area contributed by atoms with Gasteiger partial charge in [0.1, 0.15) is 0 Å². The lowest BCUT2D eigenvalue weighted by molar-refractivity contribution is -0.140. The molecule has 0 unspecified atom stereocenters. The Morgan fingerprint density at radius 2 is 1.42 bits per heavy atom. The normalized spacial score (nSPS) is 13.6. The molecule has 2 aromatic carbocycles. The molecule has 0 aliphatic heterocycles. The summed E-state index contributed by atoms with van der Waals surface area (Å²) in [5.74, 6) is -0.890. The van der Waals surface area contributed by atoms with Gasteiger partial charge in [0, 0.05) is 19.1 Å². The fourth-order valence-electron chi connectivity index (χ4n) is 2.89. The fraction of sp³-hybridized carbons (Fsp3) is 0.350. The standard InChI is InChI=1S/C20H25NO3/c1-2-19(22)18(13-20(23)24)21(14-16-9-5-3-6-10-16)15-17-11-7-4-8-12-17/h3-12,18-19,22H,2,13-15H2,1H3,(H,23,24)/t18-,19-/m0/s1. The van der Waals surface area contributed by atoms with E-state index in [-0.39, 0.29) is 6.42 Å². The van der Waals surface area contributed by atoms with Crippen LogP contribution in [0.4, 0.5) is 0 Å². The monoisotopic (exact) mass is 327 g/mol. The minimum absolute atomic E-state index is 0.0747. The summed E-state index contributed by atoms with van der Waals surface area (Å²) in [4.78, 5) is 13.4. The Bertz CT molecular complexity index is 574. The number of aliphatic hydroxyl groups excluding tert-OH is 1. The van der Waals surface area contributed by atoms with Crippen molar-refractivity contribution in [3.8, 4) is 0 Å². The van der Waals surface area contributed by atoms with Crippen LogP contribution in [0, 0.1) is 0 Å². The highest BCUT2D eigenvalue weighted by molar-refractivity contribution is 5.67. The van der Waals surface area contributed by atoms with Crippen LogP contribution in [-0.2, 0) is 17.9 Å². The molecule has 0 fully saturated rings. The van der Waals surface area contributed by atoms with Gasteiger partial charge in [-0.1, -0.05) is 67.6 Å². The zero-order chi connectivity index (χ0) is 17.4. The average molecular weight is 327 g/mol. The SMILES string of the molecule is CC[C@H](O)[C@H](CC(=O)O)N(Cc1ccccc1)Cc1ccccc1. The molecule has 0 saturated heterocycles. The third kappa shape index (κ3) is 5.48. The largest absolute Gasteiger partial charge is 0.481 e. The number of nitrogens with zero attached hydrogens (tertiary/aromatic N) is 1. The molecule has 0 aliphatic rings. The van der Waals surface area contributed by atoms with Gasteiger partial charge in [0.15, 0.2) is 0 Å². The van der Waals surface area contributed by atoms with Crippen LogP contribution in [0.25, 0.3) is 0 Å². The number of hydrogen-bond donors (Lipinski definition) is 2. The topological polar surface area (TPSA) is 60.8 Å². The molecular formula is C20H25NO3. The molecule has 4 heteroatoms. The predicted molar refractivity (Wildman–Crippen MR) is 94.5 cm³/mol. The van der Waals surface area contributed by atoms with Gasteiger partial charge in [-0.3, -0.25) is 9.69 Å². The van der Waals surface area contributed by atoms with Crippen molar-refractivity contribution in [2.24, 2.45) is 0 Å². The molecule has 0 spiro atoms. The maximum absolute atomic E-state index is 11.3.